The molecule has 1 fully saturated rings. The molecular weight excluding hydrogens is 296 g/mol. The van der Waals surface area contributed by atoms with Gasteiger partial charge in [-0.3, -0.25) is 14.9 Å². The third-order valence-corrected chi connectivity index (χ3v) is 4.24. The Kier molecular flexibility index (Phi) is 4.67. The van der Waals surface area contributed by atoms with Gasteiger partial charge in [-0.05, 0) is 18.4 Å². The maximum atomic E-state index is 12.7. The first-order valence-electron chi connectivity index (χ1n) is 6.69. The molecule has 114 valence electrons. The second-order valence-electron chi connectivity index (χ2n) is 5.10. The maximum absolute atomic E-state index is 12.7. The van der Waals surface area contributed by atoms with Gasteiger partial charge in [0.1, 0.15) is 0 Å². The number of halogens is 1. The second-order valence-corrected chi connectivity index (χ2v) is 5.41. The van der Waals surface area contributed by atoms with Gasteiger partial charge >= 0.3 is 5.69 Å². The molecule has 0 spiro atoms. The number of carbonyl (C=O) groups excluding carboxylic acids is 1. The van der Waals surface area contributed by atoms with Crippen LogP contribution in [0.25, 0.3) is 0 Å². The van der Waals surface area contributed by atoms with Crippen LogP contribution in [-0.4, -0.2) is 41.3 Å². The highest BCUT2D eigenvalue weighted by molar-refractivity contribution is 6.18. The summed E-state index contributed by atoms with van der Waals surface area (Å²) in [7, 11) is 1.32. The summed E-state index contributed by atoms with van der Waals surface area (Å²) in [6, 6.07) is 4.30. The summed E-state index contributed by atoms with van der Waals surface area (Å²) in [5.41, 5.74) is -0.00562. The first kappa shape index (κ1) is 15.6. The monoisotopic (exact) mass is 312 g/mol. The minimum atomic E-state index is -0.554. The molecule has 1 aromatic carbocycles. The lowest BCUT2D eigenvalue weighted by atomic mass is 10.0. The van der Waals surface area contributed by atoms with Gasteiger partial charge < -0.3 is 9.64 Å². The van der Waals surface area contributed by atoms with Gasteiger partial charge in [0.25, 0.3) is 5.91 Å². The molecule has 1 saturated heterocycles. The van der Waals surface area contributed by atoms with E-state index in [4.69, 9.17) is 16.3 Å². The van der Waals surface area contributed by atoms with Crippen molar-refractivity contribution < 1.29 is 14.5 Å². The summed E-state index contributed by atoms with van der Waals surface area (Å²) in [4.78, 5) is 24.8. The number of carbonyl (C=O) groups is 1. The van der Waals surface area contributed by atoms with Gasteiger partial charge in [0.15, 0.2) is 0 Å². The predicted octanol–water partition coefficient (Wildman–Crippen LogP) is 2.69. The lowest BCUT2D eigenvalue weighted by molar-refractivity contribution is -0.385. The fraction of sp³-hybridized carbons (Fsp3) is 0.500. The van der Waals surface area contributed by atoms with Gasteiger partial charge in [0.2, 0.25) is 5.75 Å². The van der Waals surface area contributed by atoms with Gasteiger partial charge in [-0.25, -0.2) is 0 Å². The normalized spacial score (nSPS) is 21.4. The Labute approximate surface area is 127 Å². The zero-order chi connectivity index (χ0) is 15.6. The minimum absolute atomic E-state index is 0.000348. The number of hydrogen-bond donors (Lipinski definition) is 0. The quantitative estimate of drug-likeness (QED) is 0.487. The van der Waals surface area contributed by atoms with Crippen LogP contribution in [0.2, 0.25) is 0 Å². The number of amides is 1. The number of para-hydroxylation sites is 1. The van der Waals surface area contributed by atoms with Crippen LogP contribution in [0.1, 0.15) is 23.7 Å². The lowest BCUT2D eigenvalue weighted by Gasteiger charge is -2.25. The van der Waals surface area contributed by atoms with Crippen LogP contribution in [0.5, 0.6) is 5.75 Å². The molecule has 2 rings (SSSR count). The summed E-state index contributed by atoms with van der Waals surface area (Å²) in [6.07, 6.45) is 0.875. The topological polar surface area (TPSA) is 72.7 Å². The molecule has 2 atom stereocenters. The van der Waals surface area contributed by atoms with E-state index in [1.54, 1.807) is 11.0 Å². The SMILES string of the molecule is COc1c(C(=O)N2CCC(C)C2CCl)cccc1[N+](=O)[O-]. The number of likely N-dealkylation sites (tertiary alicyclic amines) is 1. The molecule has 0 aliphatic carbocycles. The van der Waals surface area contributed by atoms with Crippen molar-refractivity contribution in [3.8, 4) is 5.75 Å². The Balaban J connectivity index is 2.40. The summed E-state index contributed by atoms with van der Waals surface area (Å²) in [5, 5.41) is 11.0. The zero-order valence-electron chi connectivity index (χ0n) is 11.9. The van der Waals surface area contributed by atoms with Crippen LogP contribution in [0, 0.1) is 16.0 Å². The molecular formula is C14H17ClN2O4. The second kappa shape index (κ2) is 6.30. The van der Waals surface area contributed by atoms with Crippen molar-refractivity contribution in [2.24, 2.45) is 5.92 Å². The van der Waals surface area contributed by atoms with E-state index >= 15 is 0 Å². The molecule has 0 aromatic heterocycles. The van der Waals surface area contributed by atoms with Crippen LogP contribution in [0.15, 0.2) is 18.2 Å². The molecule has 1 aliphatic heterocycles. The van der Waals surface area contributed by atoms with E-state index in [0.717, 1.165) is 6.42 Å². The number of nitro groups is 1. The number of nitro benzene ring substituents is 1. The molecule has 1 aromatic rings. The van der Waals surface area contributed by atoms with E-state index < -0.39 is 4.92 Å². The van der Waals surface area contributed by atoms with Gasteiger partial charge in [-0.1, -0.05) is 13.0 Å². The van der Waals surface area contributed by atoms with Gasteiger partial charge in [-0.15, -0.1) is 11.6 Å². The van der Waals surface area contributed by atoms with E-state index in [2.05, 4.69) is 0 Å². The Bertz CT molecular complexity index is 564. The highest BCUT2D eigenvalue weighted by atomic mass is 35.5. The zero-order valence-corrected chi connectivity index (χ0v) is 12.7. The number of ether oxygens (including phenoxy) is 1. The number of alkyl halides is 1. The highest BCUT2D eigenvalue weighted by Gasteiger charge is 2.36. The Morgan fingerprint density at radius 3 is 2.86 bits per heavy atom. The standard InChI is InChI=1S/C14H17ClN2O4/c1-9-6-7-16(12(9)8-15)14(18)10-4-3-5-11(17(19)20)13(10)21-2/h3-5,9,12H,6-8H2,1-2H3. The van der Waals surface area contributed by atoms with Crippen molar-refractivity contribution in [2.45, 2.75) is 19.4 Å². The van der Waals surface area contributed by atoms with Crippen molar-refractivity contribution >= 4 is 23.2 Å². The fourth-order valence-corrected chi connectivity index (χ4v) is 3.17. The van der Waals surface area contributed by atoms with E-state index in [0.29, 0.717) is 18.3 Å². The van der Waals surface area contributed by atoms with Gasteiger partial charge in [0, 0.05) is 24.5 Å². The van der Waals surface area contributed by atoms with Crippen LogP contribution in [0.4, 0.5) is 5.69 Å². The third kappa shape index (κ3) is 2.81. The van der Waals surface area contributed by atoms with Crippen LogP contribution in [0.3, 0.4) is 0 Å². The summed E-state index contributed by atoms with van der Waals surface area (Å²) >= 11 is 5.95. The molecule has 1 amide bonds. The molecule has 2 unspecified atom stereocenters. The van der Waals surface area contributed by atoms with Crippen molar-refractivity contribution in [2.75, 3.05) is 19.5 Å². The molecule has 6 nitrogen and oxygen atoms in total. The number of nitrogens with zero attached hydrogens (tertiary/aromatic N) is 2. The van der Waals surface area contributed by atoms with Crippen molar-refractivity contribution in [3.05, 3.63) is 33.9 Å². The largest absolute Gasteiger partial charge is 0.490 e. The average molecular weight is 313 g/mol. The van der Waals surface area contributed by atoms with Crippen LogP contribution >= 0.6 is 11.6 Å². The first-order chi connectivity index (χ1) is 10.0. The summed E-state index contributed by atoms with van der Waals surface area (Å²) < 4.78 is 5.09. The molecule has 0 radical (unpaired) electrons. The molecule has 7 heteroatoms. The molecule has 21 heavy (non-hydrogen) atoms. The van der Waals surface area contributed by atoms with Crippen LogP contribution < -0.4 is 4.74 Å². The average Bonchev–Trinajstić information content (AvgIpc) is 2.86. The van der Waals surface area contributed by atoms with E-state index in [-0.39, 0.29) is 28.9 Å². The Morgan fingerprint density at radius 1 is 1.57 bits per heavy atom. The number of hydrogen-bond acceptors (Lipinski definition) is 4. The minimum Gasteiger partial charge on any atom is -0.490 e. The van der Waals surface area contributed by atoms with Gasteiger partial charge in [-0.2, -0.15) is 0 Å². The predicted molar refractivity (Wildman–Crippen MR) is 79.0 cm³/mol. The number of rotatable bonds is 4. The smallest absolute Gasteiger partial charge is 0.311 e. The third-order valence-electron chi connectivity index (χ3n) is 3.93. The highest BCUT2D eigenvalue weighted by Crippen LogP contribution is 2.34. The Morgan fingerprint density at radius 2 is 2.29 bits per heavy atom. The van der Waals surface area contributed by atoms with Crippen molar-refractivity contribution in [1.29, 1.82) is 0 Å². The van der Waals surface area contributed by atoms with Crippen LogP contribution in [-0.2, 0) is 0 Å². The number of benzene rings is 1. The van der Waals surface area contributed by atoms with E-state index in [1.165, 1.54) is 19.2 Å². The first-order valence-corrected chi connectivity index (χ1v) is 7.23. The molecule has 0 bridgehead atoms. The molecule has 0 saturated carbocycles. The van der Waals surface area contributed by atoms with E-state index in [9.17, 15) is 14.9 Å². The van der Waals surface area contributed by atoms with Crippen molar-refractivity contribution in [1.82, 2.24) is 4.90 Å². The molecule has 1 aliphatic rings. The molecule has 1 heterocycles. The summed E-state index contributed by atoms with van der Waals surface area (Å²) in [5.74, 6) is 0.395. The van der Waals surface area contributed by atoms with Crippen molar-refractivity contribution in [3.63, 3.8) is 0 Å². The molecule has 0 N–H and O–H groups in total. The lowest BCUT2D eigenvalue weighted by Crippen LogP contribution is -2.38. The van der Waals surface area contributed by atoms with Gasteiger partial charge in [0.05, 0.1) is 17.6 Å². The number of methoxy groups -OCH3 is 1. The Hall–Kier alpha value is -1.82. The fourth-order valence-electron chi connectivity index (χ4n) is 2.70. The summed E-state index contributed by atoms with van der Waals surface area (Å²) in [6.45, 7) is 2.65. The van der Waals surface area contributed by atoms with E-state index in [1.807, 2.05) is 6.92 Å². The maximum Gasteiger partial charge on any atom is 0.311 e.